The number of ether oxygens (including phenoxy) is 1. The molecule has 0 aliphatic heterocycles. The zero-order valence-electron chi connectivity index (χ0n) is 11.8. The van der Waals surface area contributed by atoms with Crippen molar-refractivity contribution in [3.05, 3.63) is 58.0 Å². The van der Waals surface area contributed by atoms with Crippen LogP contribution in [0.15, 0.2) is 41.3 Å². The van der Waals surface area contributed by atoms with Crippen molar-refractivity contribution in [2.24, 2.45) is 0 Å². The lowest BCUT2D eigenvalue weighted by Crippen LogP contribution is -2.18. The van der Waals surface area contributed by atoms with E-state index in [0.717, 1.165) is 17.0 Å². The summed E-state index contributed by atoms with van der Waals surface area (Å²) in [5, 5.41) is 0. The lowest BCUT2D eigenvalue weighted by atomic mass is 10.1. The Kier molecular flexibility index (Phi) is 4.03. The Morgan fingerprint density at radius 2 is 2.00 bits per heavy atom. The molecule has 1 aromatic carbocycles. The van der Waals surface area contributed by atoms with E-state index < -0.39 is 0 Å². The molecule has 0 amide bonds. The van der Waals surface area contributed by atoms with E-state index in [1.165, 1.54) is 17.6 Å². The Hall–Kier alpha value is -2.36. The zero-order valence-corrected chi connectivity index (χ0v) is 11.8. The van der Waals surface area contributed by atoms with Gasteiger partial charge in [0.2, 0.25) is 0 Å². The van der Waals surface area contributed by atoms with Gasteiger partial charge < -0.3 is 4.74 Å². The number of hydrogen-bond donors (Lipinski definition) is 0. The maximum absolute atomic E-state index is 12.0. The number of Topliss-reactive ketones (excluding diaryl/α,β-unsaturated/α-hetero) is 1. The summed E-state index contributed by atoms with van der Waals surface area (Å²) in [6.07, 6.45) is 1.58. The number of ketones is 1. The van der Waals surface area contributed by atoms with Crippen molar-refractivity contribution >= 4 is 5.78 Å². The second-order valence-corrected chi connectivity index (χ2v) is 4.56. The van der Waals surface area contributed by atoms with Gasteiger partial charge in [0, 0.05) is 17.8 Å². The third-order valence-electron chi connectivity index (χ3n) is 3.06. The van der Waals surface area contributed by atoms with Crippen LogP contribution in [-0.4, -0.2) is 17.0 Å². The monoisotopic (exact) mass is 271 g/mol. The third-order valence-corrected chi connectivity index (χ3v) is 3.06. The first-order chi connectivity index (χ1) is 9.52. The van der Waals surface area contributed by atoms with Crippen LogP contribution in [0.2, 0.25) is 0 Å². The van der Waals surface area contributed by atoms with E-state index in [2.05, 4.69) is 0 Å². The first-order valence-corrected chi connectivity index (χ1v) is 6.50. The van der Waals surface area contributed by atoms with Crippen LogP contribution in [0.5, 0.6) is 5.75 Å². The Morgan fingerprint density at radius 3 is 2.60 bits per heavy atom. The highest BCUT2D eigenvalue weighted by molar-refractivity contribution is 5.93. The maximum Gasteiger partial charge on any atom is 0.255 e. The second kappa shape index (κ2) is 5.74. The zero-order chi connectivity index (χ0) is 14.7. The summed E-state index contributed by atoms with van der Waals surface area (Å²) in [5.41, 5.74) is 2.01. The maximum atomic E-state index is 12.0. The highest BCUT2D eigenvalue weighted by Crippen LogP contribution is 2.20. The summed E-state index contributed by atoms with van der Waals surface area (Å²) in [4.78, 5) is 23.4. The molecule has 0 N–H and O–H groups in total. The first-order valence-electron chi connectivity index (χ1n) is 6.50. The van der Waals surface area contributed by atoms with Crippen LogP contribution in [0.3, 0.4) is 0 Å². The number of hydrogen-bond acceptors (Lipinski definition) is 3. The summed E-state index contributed by atoms with van der Waals surface area (Å²) in [6, 6.07) is 8.48. The van der Waals surface area contributed by atoms with Gasteiger partial charge in [-0.2, -0.15) is 0 Å². The minimum Gasteiger partial charge on any atom is -0.494 e. The molecule has 0 aliphatic carbocycles. The normalized spacial score (nSPS) is 10.3. The van der Waals surface area contributed by atoms with Crippen LogP contribution in [0.4, 0.5) is 0 Å². The number of rotatable bonds is 4. The van der Waals surface area contributed by atoms with Crippen molar-refractivity contribution in [1.82, 2.24) is 4.57 Å². The van der Waals surface area contributed by atoms with E-state index in [0.29, 0.717) is 12.2 Å². The number of carbonyl (C=O) groups is 1. The highest BCUT2D eigenvalue weighted by atomic mass is 16.5. The van der Waals surface area contributed by atoms with E-state index in [1.807, 2.05) is 32.0 Å². The van der Waals surface area contributed by atoms with E-state index in [9.17, 15) is 9.59 Å². The van der Waals surface area contributed by atoms with Crippen molar-refractivity contribution in [2.75, 3.05) is 6.61 Å². The van der Waals surface area contributed by atoms with Crippen LogP contribution >= 0.6 is 0 Å². The van der Waals surface area contributed by atoms with Crippen molar-refractivity contribution in [3.8, 4) is 11.4 Å². The fraction of sp³-hybridized carbons (Fsp3) is 0.250. The van der Waals surface area contributed by atoms with Gasteiger partial charge in [0.05, 0.1) is 12.3 Å². The molecule has 0 unspecified atom stereocenters. The number of nitrogens with zero attached hydrogens (tertiary/aromatic N) is 1. The summed E-state index contributed by atoms with van der Waals surface area (Å²) in [6.45, 7) is 5.91. The predicted molar refractivity (Wildman–Crippen MR) is 77.9 cm³/mol. The molecule has 2 aromatic rings. The van der Waals surface area contributed by atoms with E-state index in [4.69, 9.17) is 4.74 Å². The Labute approximate surface area is 117 Å². The summed E-state index contributed by atoms with van der Waals surface area (Å²) in [5.74, 6) is 0.701. The number of benzene rings is 1. The Bertz CT molecular complexity index is 701. The molecule has 4 nitrogen and oxygen atoms in total. The molecule has 1 heterocycles. The topological polar surface area (TPSA) is 48.3 Å². The number of carbonyl (C=O) groups excluding carboxylic acids is 1. The Balaban J connectivity index is 2.53. The van der Waals surface area contributed by atoms with Gasteiger partial charge in [-0.1, -0.05) is 0 Å². The summed E-state index contributed by atoms with van der Waals surface area (Å²) in [7, 11) is 0. The van der Waals surface area contributed by atoms with Gasteiger partial charge >= 0.3 is 0 Å². The molecular weight excluding hydrogens is 254 g/mol. The smallest absolute Gasteiger partial charge is 0.255 e. The molecule has 0 radical (unpaired) electrons. The van der Waals surface area contributed by atoms with Crippen LogP contribution in [0.25, 0.3) is 5.69 Å². The number of aromatic nitrogens is 1. The van der Waals surface area contributed by atoms with Crippen LogP contribution < -0.4 is 10.3 Å². The van der Waals surface area contributed by atoms with Crippen molar-refractivity contribution in [3.63, 3.8) is 0 Å². The largest absolute Gasteiger partial charge is 0.494 e. The quantitative estimate of drug-likeness (QED) is 0.803. The molecule has 0 aliphatic rings. The summed E-state index contributed by atoms with van der Waals surface area (Å²) >= 11 is 0. The van der Waals surface area contributed by atoms with Gasteiger partial charge in [0.25, 0.3) is 5.56 Å². The molecule has 0 saturated heterocycles. The SMILES string of the molecule is CCOc1ccc(-n2cc(C(C)=O)ccc2=O)c(C)c1. The van der Waals surface area contributed by atoms with E-state index in [1.54, 1.807) is 12.3 Å². The second-order valence-electron chi connectivity index (χ2n) is 4.56. The first kappa shape index (κ1) is 14.1. The van der Waals surface area contributed by atoms with Crippen molar-refractivity contribution in [2.45, 2.75) is 20.8 Å². The van der Waals surface area contributed by atoms with Crippen LogP contribution in [0.1, 0.15) is 29.8 Å². The summed E-state index contributed by atoms with van der Waals surface area (Å²) < 4.78 is 6.92. The highest BCUT2D eigenvalue weighted by Gasteiger charge is 2.07. The van der Waals surface area contributed by atoms with Gasteiger partial charge in [-0.15, -0.1) is 0 Å². The third kappa shape index (κ3) is 2.79. The molecule has 2 rings (SSSR count). The van der Waals surface area contributed by atoms with E-state index >= 15 is 0 Å². The molecule has 0 saturated carbocycles. The van der Waals surface area contributed by atoms with E-state index in [-0.39, 0.29) is 11.3 Å². The standard InChI is InChI=1S/C16H17NO3/c1-4-20-14-6-7-15(11(2)9-14)17-10-13(12(3)18)5-8-16(17)19/h5-10H,4H2,1-3H3. The van der Waals surface area contributed by atoms with Gasteiger partial charge in [0.1, 0.15) is 5.75 Å². The molecule has 0 atom stereocenters. The number of aryl methyl sites for hydroxylation is 1. The Morgan fingerprint density at radius 1 is 1.25 bits per heavy atom. The minimum atomic E-state index is -0.165. The molecule has 4 heteroatoms. The molecule has 0 spiro atoms. The molecule has 20 heavy (non-hydrogen) atoms. The molecule has 0 fully saturated rings. The van der Waals surface area contributed by atoms with Crippen LogP contribution in [-0.2, 0) is 0 Å². The van der Waals surface area contributed by atoms with Gasteiger partial charge in [-0.3, -0.25) is 14.2 Å². The van der Waals surface area contributed by atoms with Crippen molar-refractivity contribution < 1.29 is 9.53 Å². The molecule has 1 aromatic heterocycles. The number of pyridine rings is 1. The van der Waals surface area contributed by atoms with Crippen LogP contribution in [0, 0.1) is 6.92 Å². The lowest BCUT2D eigenvalue weighted by molar-refractivity contribution is 0.101. The molecule has 0 bridgehead atoms. The average Bonchev–Trinajstić information content (AvgIpc) is 2.40. The predicted octanol–water partition coefficient (Wildman–Crippen LogP) is 2.75. The minimum absolute atomic E-state index is 0.0673. The van der Waals surface area contributed by atoms with Gasteiger partial charge in [-0.05, 0) is 50.6 Å². The fourth-order valence-electron chi connectivity index (χ4n) is 2.04. The molecule has 104 valence electrons. The molecular formula is C16H17NO3. The van der Waals surface area contributed by atoms with Crippen molar-refractivity contribution in [1.29, 1.82) is 0 Å². The fourth-order valence-corrected chi connectivity index (χ4v) is 2.04. The average molecular weight is 271 g/mol. The van der Waals surface area contributed by atoms with Gasteiger partial charge in [0.15, 0.2) is 5.78 Å². The lowest BCUT2D eigenvalue weighted by Gasteiger charge is -2.12. The van der Waals surface area contributed by atoms with Gasteiger partial charge in [-0.25, -0.2) is 0 Å².